The van der Waals surface area contributed by atoms with Crippen molar-refractivity contribution in [3.05, 3.63) is 94.7 Å². The summed E-state index contributed by atoms with van der Waals surface area (Å²) in [5, 5.41) is 24.1. The molecule has 18 nitrogen and oxygen atoms in total. The molecule has 0 radical (unpaired) electrons. The number of piperidine rings is 1. The van der Waals surface area contributed by atoms with E-state index in [9.17, 15) is 28.8 Å². The first kappa shape index (κ1) is 59.0. The molecule has 424 valence electrons. The van der Waals surface area contributed by atoms with E-state index in [1.54, 1.807) is 31.8 Å². The molecular weight excluding hydrogens is 1060 g/mol. The van der Waals surface area contributed by atoms with E-state index in [1.807, 2.05) is 98.8 Å². The number of anilines is 5. The quantitative estimate of drug-likeness (QED) is 0.0344. The fourth-order valence-electron chi connectivity index (χ4n) is 10.7. The molecule has 8 rings (SSSR count). The number of unbranched alkanes of at least 4 members (excludes halogenated alkanes) is 3. The number of methoxy groups -OCH3 is 1. The summed E-state index contributed by atoms with van der Waals surface area (Å²) in [6, 6.07) is 20.1. The number of amides is 4. The Hall–Kier alpha value is -6.11. The summed E-state index contributed by atoms with van der Waals surface area (Å²) in [5.41, 5.74) is 6.54. The van der Waals surface area contributed by atoms with Gasteiger partial charge in [-0.25, -0.2) is 9.97 Å². The van der Waals surface area contributed by atoms with Crippen molar-refractivity contribution < 1.29 is 33.6 Å². The van der Waals surface area contributed by atoms with Crippen LogP contribution in [0.1, 0.15) is 89.8 Å². The Morgan fingerprint density at radius 1 is 0.886 bits per heavy atom. The number of piperazine rings is 1. The predicted octanol–water partition coefficient (Wildman–Crippen LogP) is 8.57. The number of nitrogens with one attached hydrogen (secondary N) is 4. The van der Waals surface area contributed by atoms with Crippen molar-refractivity contribution in [3.8, 4) is 16.2 Å². The van der Waals surface area contributed by atoms with Crippen LogP contribution in [0.25, 0.3) is 10.4 Å². The van der Waals surface area contributed by atoms with Crippen LogP contribution in [0.5, 0.6) is 5.75 Å². The van der Waals surface area contributed by atoms with Gasteiger partial charge in [-0.3, -0.25) is 24.1 Å². The van der Waals surface area contributed by atoms with E-state index in [0.717, 1.165) is 85.7 Å². The Kier molecular flexibility index (Phi) is 19.8. The minimum atomic E-state index is -2.57. The summed E-state index contributed by atoms with van der Waals surface area (Å²) in [4.78, 5) is 77.0. The molecule has 21 heteroatoms. The number of halogens is 1. The van der Waals surface area contributed by atoms with Gasteiger partial charge in [-0.15, -0.1) is 11.3 Å². The van der Waals surface area contributed by atoms with Crippen LogP contribution < -0.4 is 36.2 Å². The molecule has 5 aromatic rings. The number of aliphatic hydroxyl groups is 1. The number of aliphatic hydroxyl groups excluding tert-OH is 1. The second-order valence-corrected chi connectivity index (χ2v) is 26.8. The number of benzene rings is 3. The number of aromatic nitrogens is 3. The largest absolute Gasteiger partial charge is 0.494 e. The van der Waals surface area contributed by atoms with Gasteiger partial charge in [-0.05, 0) is 86.7 Å². The molecule has 0 saturated carbocycles. The number of carbonyl (C=O) groups excluding carboxylic acids is 4. The zero-order chi connectivity index (χ0) is 56.4. The number of aryl methyl sites for hydroxylation is 1. The molecule has 0 spiro atoms. The number of likely N-dealkylation sites (tertiary alicyclic amines) is 1. The third-order valence-corrected chi connectivity index (χ3v) is 18.0. The van der Waals surface area contributed by atoms with E-state index in [2.05, 4.69) is 52.1 Å². The fraction of sp³-hybridized carbons (Fsp3) is 0.500. The third-order valence-electron chi connectivity index (χ3n) is 15.2. The van der Waals surface area contributed by atoms with Gasteiger partial charge in [0.05, 0.1) is 46.9 Å². The van der Waals surface area contributed by atoms with Crippen molar-refractivity contribution in [3.63, 3.8) is 0 Å². The molecule has 3 aromatic carbocycles. The van der Waals surface area contributed by atoms with Crippen molar-refractivity contribution in [2.24, 2.45) is 5.41 Å². The van der Waals surface area contributed by atoms with E-state index >= 15 is 0 Å². The van der Waals surface area contributed by atoms with Crippen LogP contribution in [0.4, 0.5) is 28.8 Å². The first-order valence-corrected chi connectivity index (χ1v) is 31.3. The molecule has 3 aliphatic rings. The van der Waals surface area contributed by atoms with Gasteiger partial charge in [0, 0.05) is 94.7 Å². The van der Waals surface area contributed by atoms with Gasteiger partial charge in [0.25, 0.3) is 0 Å². The van der Waals surface area contributed by atoms with Gasteiger partial charge in [0.1, 0.15) is 30.0 Å². The maximum Gasteiger partial charge on any atom is 0.246 e. The number of β-amino-alcohol motifs (C(OH)–C–C–N with tert-alkyl or cyclic N) is 1. The van der Waals surface area contributed by atoms with Crippen LogP contribution in [0.3, 0.4) is 0 Å². The number of thiazole rings is 1. The Balaban J connectivity index is 0.718. The van der Waals surface area contributed by atoms with Crippen molar-refractivity contribution in [1.29, 1.82) is 0 Å². The molecule has 5 heterocycles. The van der Waals surface area contributed by atoms with Crippen molar-refractivity contribution >= 4 is 87.8 Å². The fourth-order valence-corrected chi connectivity index (χ4v) is 12.8. The Labute approximate surface area is 473 Å². The van der Waals surface area contributed by atoms with Gasteiger partial charge in [0.2, 0.25) is 29.6 Å². The van der Waals surface area contributed by atoms with Crippen molar-refractivity contribution in [2.45, 2.75) is 116 Å². The van der Waals surface area contributed by atoms with Crippen LogP contribution in [0.15, 0.2) is 78.4 Å². The average Bonchev–Trinajstić information content (AvgIpc) is 4.19. The average molecular weight is 1140 g/mol. The molecule has 3 saturated heterocycles. The zero-order valence-electron chi connectivity index (χ0n) is 46.6. The highest BCUT2D eigenvalue weighted by atomic mass is 35.5. The lowest BCUT2D eigenvalue weighted by Gasteiger charge is -2.43. The second kappa shape index (κ2) is 26.4. The highest BCUT2D eigenvalue weighted by Crippen LogP contribution is 2.39. The summed E-state index contributed by atoms with van der Waals surface area (Å²) in [6.45, 7) is 16.3. The molecule has 5 N–H and O–H groups in total. The Morgan fingerprint density at radius 3 is 2.27 bits per heavy atom. The minimum absolute atomic E-state index is 0.0126. The van der Waals surface area contributed by atoms with Gasteiger partial charge >= 0.3 is 0 Å². The molecule has 3 atom stereocenters. The summed E-state index contributed by atoms with van der Waals surface area (Å²) in [6.07, 6.45) is 6.49. The van der Waals surface area contributed by atoms with Crippen molar-refractivity contribution in [2.75, 3.05) is 81.8 Å². The summed E-state index contributed by atoms with van der Waals surface area (Å²) in [5.74, 6) is 0.562. The minimum Gasteiger partial charge on any atom is -0.494 e. The van der Waals surface area contributed by atoms with Gasteiger partial charge in [-0.2, -0.15) is 4.98 Å². The molecular formula is C58H77ClN11O7PS. The summed E-state index contributed by atoms with van der Waals surface area (Å²) in [7, 11) is -0.931. The smallest absolute Gasteiger partial charge is 0.246 e. The van der Waals surface area contributed by atoms with Crippen molar-refractivity contribution in [1.82, 2.24) is 40.3 Å². The van der Waals surface area contributed by atoms with E-state index in [0.29, 0.717) is 71.2 Å². The molecule has 79 heavy (non-hydrogen) atoms. The van der Waals surface area contributed by atoms with Gasteiger partial charge < -0.3 is 50.4 Å². The Morgan fingerprint density at radius 2 is 1.59 bits per heavy atom. The molecule has 0 aliphatic carbocycles. The van der Waals surface area contributed by atoms with Gasteiger partial charge in [-0.1, -0.05) is 81.6 Å². The normalized spacial score (nSPS) is 17.8. The summed E-state index contributed by atoms with van der Waals surface area (Å²) >= 11 is 8.08. The van der Waals surface area contributed by atoms with Crippen LogP contribution in [-0.2, 0) is 30.3 Å². The lowest BCUT2D eigenvalue weighted by Crippen LogP contribution is -2.57. The monoisotopic (exact) mass is 1140 g/mol. The first-order chi connectivity index (χ1) is 37.7. The molecule has 0 unspecified atom stereocenters. The molecule has 2 aromatic heterocycles. The molecule has 3 fully saturated rings. The number of para-hydroxylation sites is 1. The standard InChI is InChI=1S/C58H77ClN11O7PS/c1-38-52(79-37-62-38)40-20-18-39(19-21-40)34-60-55(74)47-33-43(71)36-70(47)56(75)53(58(2,3)4)65-50(72)16-10-8-9-11-17-51(73)69-30-28-68(29-31-69)41-24-26-67(27-25-41)42-22-23-45(48(32-42)77-5)64-57-61-35-44(59)54(66-57)63-46-14-12-13-15-49(46)78(6,7)76/h12-15,18-23,32,35,37,41,43,47,53,71H,8-11,16-17,24-31,33-34,36H2,1-7H3,(H,60,74)(H,65,72)(H2,61,63,64,66)/t43-,47+,53-/m1/s1. The van der Waals surface area contributed by atoms with Crippen LogP contribution >= 0.6 is 30.1 Å². The highest BCUT2D eigenvalue weighted by Gasteiger charge is 2.44. The van der Waals surface area contributed by atoms with Crippen LogP contribution in [0.2, 0.25) is 5.02 Å². The zero-order valence-corrected chi connectivity index (χ0v) is 49.1. The maximum absolute atomic E-state index is 14.1. The van der Waals surface area contributed by atoms with E-state index in [4.69, 9.17) is 16.3 Å². The maximum atomic E-state index is 14.1. The molecule has 4 amide bonds. The van der Waals surface area contributed by atoms with Gasteiger partial charge in [0.15, 0.2) is 5.82 Å². The lowest BCUT2D eigenvalue weighted by molar-refractivity contribution is -0.144. The number of carbonyl (C=O) groups is 4. The predicted molar refractivity (Wildman–Crippen MR) is 315 cm³/mol. The Bertz CT molecular complexity index is 2970. The number of rotatable bonds is 21. The number of ether oxygens (including phenoxy) is 1. The number of hydrogen-bond acceptors (Lipinski definition) is 15. The van der Waals surface area contributed by atoms with Crippen LogP contribution in [0, 0.1) is 12.3 Å². The van der Waals surface area contributed by atoms with E-state index in [-0.39, 0.29) is 49.6 Å². The third kappa shape index (κ3) is 15.4. The second-order valence-electron chi connectivity index (χ2n) is 22.4. The van der Waals surface area contributed by atoms with E-state index in [1.165, 1.54) is 11.1 Å². The number of hydrogen-bond donors (Lipinski definition) is 5. The SMILES string of the molecule is COc1cc(N2CCC(N3CCN(C(=O)CCCCCCC(=O)N[C@H](C(=O)N4C[C@H](O)C[C@H]4C(=O)NCc4ccc(-c5scnc5C)cc4)C(C)(C)C)CC3)CC2)ccc1Nc1ncc(Cl)c(Nc2ccccc2P(C)(C)=O)n1. The topological polar surface area (TPSA) is 215 Å². The number of nitrogens with zero attached hydrogens (tertiary/aromatic N) is 7. The van der Waals surface area contributed by atoms with E-state index < -0.39 is 30.7 Å². The molecule has 3 aliphatic heterocycles. The lowest BCUT2D eigenvalue weighted by atomic mass is 9.85. The summed E-state index contributed by atoms with van der Waals surface area (Å²) < 4.78 is 18.8. The first-order valence-electron chi connectivity index (χ1n) is 27.5. The highest BCUT2D eigenvalue weighted by molar-refractivity contribution is 7.70. The molecule has 0 bridgehead atoms. The van der Waals surface area contributed by atoms with Crippen LogP contribution in [-0.4, -0.2) is 149 Å².